The van der Waals surface area contributed by atoms with E-state index in [4.69, 9.17) is 11.6 Å². The smallest absolute Gasteiger partial charge is 0.350 e. The number of nitrogens with one attached hydrogen (secondary N) is 1. The molecule has 1 aliphatic heterocycles. The molecule has 1 N–H and O–H groups in total. The SMILES string of the molecule is O=C1C(Nc2cccc(C(F)(F)F)c2)=C(c2ccc(Cl)cc2)C(=O)N1c1ccccc1. The quantitative estimate of drug-likeness (QED) is 0.523. The molecule has 0 unspecified atom stereocenters. The van der Waals surface area contributed by atoms with Crippen LogP contribution in [0.2, 0.25) is 5.02 Å². The van der Waals surface area contributed by atoms with Crippen LogP contribution < -0.4 is 10.2 Å². The Morgan fingerprint density at radius 2 is 1.48 bits per heavy atom. The molecule has 0 fully saturated rings. The summed E-state index contributed by atoms with van der Waals surface area (Å²) in [5.74, 6) is -1.26. The minimum Gasteiger partial charge on any atom is -0.350 e. The number of alkyl halides is 3. The second kappa shape index (κ2) is 7.92. The summed E-state index contributed by atoms with van der Waals surface area (Å²) in [7, 11) is 0. The van der Waals surface area contributed by atoms with E-state index >= 15 is 0 Å². The van der Waals surface area contributed by atoms with Gasteiger partial charge >= 0.3 is 6.18 Å². The maximum Gasteiger partial charge on any atom is 0.416 e. The van der Waals surface area contributed by atoms with E-state index in [0.717, 1.165) is 17.0 Å². The van der Waals surface area contributed by atoms with Gasteiger partial charge in [0.25, 0.3) is 11.8 Å². The van der Waals surface area contributed by atoms with Crippen LogP contribution in [0.3, 0.4) is 0 Å². The van der Waals surface area contributed by atoms with Crippen molar-refractivity contribution < 1.29 is 22.8 Å². The predicted molar refractivity (Wildman–Crippen MR) is 112 cm³/mol. The summed E-state index contributed by atoms with van der Waals surface area (Å²) in [5, 5.41) is 3.17. The molecule has 1 aliphatic rings. The first kappa shape index (κ1) is 20.7. The summed E-state index contributed by atoms with van der Waals surface area (Å²) in [5.41, 5.74) is -0.144. The number of nitrogens with zero attached hydrogens (tertiary/aromatic N) is 1. The van der Waals surface area contributed by atoms with Crippen molar-refractivity contribution in [2.24, 2.45) is 0 Å². The molecule has 0 aliphatic carbocycles. The topological polar surface area (TPSA) is 49.4 Å². The Hall–Kier alpha value is -3.58. The number of hydrogen-bond acceptors (Lipinski definition) is 3. The van der Waals surface area contributed by atoms with Crippen LogP contribution in [-0.2, 0) is 15.8 Å². The molecule has 3 aromatic carbocycles. The maximum atomic E-state index is 13.2. The van der Waals surface area contributed by atoms with Crippen molar-refractivity contribution in [3.63, 3.8) is 0 Å². The monoisotopic (exact) mass is 442 g/mol. The number of para-hydroxylation sites is 1. The molecule has 31 heavy (non-hydrogen) atoms. The van der Waals surface area contributed by atoms with Crippen LogP contribution >= 0.6 is 11.6 Å². The van der Waals surface area contributed by atoms with Crippen LogP contribution in [0.5, 0.6) is 0 Å². The number of anilines is 2. The lowest BCUT2D eigenvalue weighted by atomic mass is 10.0. The molecule has 0 bridgehead atoms. The Morgan fingerprint density at radius 1 is 0.806 bits per heavy atom. The van der Waals surface area contributed by atoms with Gasteiger partial charge in [0.15, 0.2) is 0 Å². The highest BCUT2D eigenvalue weighted by molar-refractivity contribution is 6.46. The van der Waals surface area contributed by atoms with Crippen molar-refractivity contribution in [3.8, 4) is 0 Å². The number of imide groups is 1. The van der Waals surface area contributed by atoms with Crippen LogP contribution in [0, 0.1) is 0 Å². The molecule has 3 aromatic rings. The largest absolute Gasteiger partial charge is 0.416 e. The first-order chi connectivity index (χ1) is 14.8. The maximum absolute atomic E-state index is 13.2. The molecule has 4 rings (SSSR count). The lowest BCUT2D eigenvalue weighted by Gasteiger charge is -2.15. The van der Waals surface area contributed by atoms with Gasteiger partial charge < -0.3 is 5.32 Å². The molecule has 0 radical (unpaired) electrons. The van der Waals surface area contributed by atoms with E-state index in [9.17, 15) is 22.8 Å². The van der Waals surface area contributed by atoms with Crippen molar-refractivity contribution in [1.82, 2.24) is 0 Å². The summed E-state index contributed by atoms with van der Waals surface area (Å²) in [6.07, 6.45) is -4.54. The van der Waals surface area contributed by atoms with Gasteiger partial charge in [0, 0.05) is 10.7 Å². The molecule has 0 saturated carbocycles. The Bertz CT molecular complexity index is 1190. The van der Waals surface area contributed by atoms with Gasteiger partial charge in [0.05, 0.1) is 16.8 Å². The van der Waals surface area contributed by atoms with Gasteiger partial charge in [0.2, 0.25) is 0 Å². The van der Waals surface area contributed by atoms with Crippen molar-refractivity contribution in [2.75, 3.05) is 10.2 Å². The lowest BCUT2D eigenvalue weighted by molar-refractivity contribution is -0.137. The highest BCUT2D eigenvalue weighted by atomic mass is 35.5. The molecule has 8 heteroatoms. The highest BCUT2D eigenvalue weighted by Crippen LogP contribution is 2.35. The fourth-order valence-corrected chi connectivity index (χ4v) is 3.39. The van der Waals surface area contributed by atoms with Crippen LogP contribution in [0.25, 0.3) is 5.57 Å². The Labute approximate surface area is 180 Å². The van der Waals surface area contributed by atoms with Crippen LogP contribution in [0.15, 0.2) is 84.6 Å². The first-order valence-electron chi connectivity index (χ1n) is 9.14. The van der Waals surface area contributed by atoms with E-state index in [2.05, 4.69) is 5.32 Å². The first-order valence-corrected chi connectivity index (χ1v) is 9.52. The Balaban J connectivity index is 1.81. The van der Waals surface area contributed by atoms with Crippen LogP contribution in [0.4, 0.5) is 24.5 Å². The summed E-state index contributed by atoms with van der Waals surface area (Å²) < 4.78 is 39.3. The van der Waals surface area contributed by atoms with Crippen molar-refractivity contribution in [3.05, 3.63) is 101 Å². The van der Waals surface area contributed by atoms with E-state index in [1.54, 1.807) is 54.6 Å². The van der Waals surface area contributed by atoms with E-state index in [1.165, 1.54) is 12.1 Å². The van der Waals surface area contributed by atoms with Gasteiger partial charge in [-0.1, -0.05) is 48.0 Å². The summed E-state index contributed by atoms with van der Waals surface area (Å²) in [6.45, 7) is 0. The van der Waals surface area contributed by atoms with Crippen molar-refractivity contribution >= 4 is 40.4 Å². The zero-order valence-electron chi connectivity index (χ0n) is 15.8. The standard InChI is InChI=1S/C23H14ClF3N2O2/c24-16-11-9-14(10-12-16)19-20(28-17-6-4-5-15(13-17)23(25,26)27)22(31)29(21(19)30)18-7-2-1-3-8-18/h1-13,28H. The van der Waals surface area contributed by atoms with Crippen LogP contribution in [-0.4, -0.2) is 11.8 Å². The van der Waals surface area contributed by atoms with Gasteiger partial charge in [-0.15, -0.1) is 0 Å². The average Bonchev–Trinajstić information content (AvgIpc) is 2.98. The van der Waals surface area contributed by atoms with Gasteiger partial charge in [-0.05, 0) is 48.0 Å². The number of hydrogen-bond donors (Lipinski definition) is 1. The summed E-state index contributed by atoms with van der Waals surface area (Å²) in [6, 6.07) is 19.0. The van der Waals surface area contributed by atoms with Gasteiger partial charge in [-0.3, -0.25) is 9.59 Å². The number of amides is 2. The number of benzene rings is 3. The number of rotatable bonds is 4. The molecule has 0 atom stereocenters. The van der Waals surface area contributed by atoms with E-state index in [0.29, 0.717) is 16.3 Å². The van der Waals surface area contributed by atoms with Gasteiger partial charge in [0.1, 0.15) is 5.70 Å². The fourth-order valence-electron chi connectivity index (χ4n) is 3.26. The summed E-state index contributed by atoms with van der Waals surface area (Å²) in [4.78, 5) is 27.4. The number of carbonyl (C=O) groups excluding carboxylic acids is 2. The minimum absolute atomic E-state index is 0.0346. The fraction of sp³-hybridized carbons (Fsp3) is 0.0435. The zero-order chi connectivity index (χ0) is 22.2. The normalized spacial score (nSPS) is 14.4. The Morgan fingerprint density at radius 3 is 2.13 bits per heavy atom. The minimum atomic E-state index is -4.54. The second-order valence-corrected chi connectivity index (χ2v) is 7.18. The third-order valence-electron chi connectivity index (χ3n) is 4.69. The van der Waals surface area contributed by atoms with Crippen molar-refractivity contribution in [1.29, 1.82) is 0 Å². The molecular formula is C23H14ClF3N2O2. The molecule has 4 nitrogen and oxygen atoms in total. The van der Waals surface area contributed by atoms with Gasteiger partial charge in [-0.25, -0.2) is 4.90 Å². The molecule has 156 valence electrons. The molecule has 1 heterocycles. The Kier molecular flexibility index (Phi) is 5.29. The van der Waals surface area contributed by atoms with Crippen molar-refractivity contribution in [2.45, 2.75) is 6.18 Å². The molecule has 0 aromatic heterocycles. The molecular weight excluding hydrogens is 429 g/mol. The summed E-state index contributed by atoms with van der Waals surface area (Å²) >= 11 is 5.93. The van der Waals surface area contributed by atoms with Crippen LogP contribution in [0.1, 0.15) is 11.1 Å². The van der Waals surface area contributed by atoms with Gasteiger partial charge in [-0.2, -0.15) is 13.2 Å². The number of halogens is 4. The highest BCUT2D eigenvalue weighted by Gasteiger charge is 2.40. The third-order valence-corrected chi connectivity index (χ3v) is 4.94. The predicted octanol–water partition coefficient (Wildman–Crippen LogP) is 5.76. The van der Waals surface area contributed by atoms with E-state index < -0.39 is 23.6 Å². The third kappa shape index (κ3) is 4.04. The lowest BCUT2D eigenvalue weighted by Crippen LogP contribution is -2.32. The molecule has 2 amide bonds. The van der Waals surface area contributed by atoms with E-state index in [1.807, 2.05) is 0 Å². The molecule has 0 saturated heterocycles. The number of carbonyl (C=O) groups is 2. The second-order valence-electron chi connectivity index (χ2n) is 6.74. The molecule has 0 spiro atoms. The van der Waals surface area contributed by atoms with E-state index in [-0.39, 0.29) is 17.0 Å². The zero-order valence-corrected chi connectivity index (χ0v) is 16.5. The average molecular weight is 443 g/mol.